The topological polar surface area (TPSA) is 3.24 Å². The fourth-order valence-electron chi connectivity index (χ4n) is 5.79. The molecule has 1 heteroatoms. The normalized spacial score (nSPS) is 11.3. The summed E-state index contributed by atoms with van der Waals surface area (Å²) >= 11 is 0. The van der Waals surface area contributed by atoms with Gasteiger partial charge in [-0.3, -0.25) is 0 Å². The van der Waals surface area contributed by atoms with E-state index in [1.165, 1.54) is 60.3 Å². The first-order valence-electron chi connectivity index (χ1n) is 13.5. The van der Waals surface area contributed by atoms with E-state index in [1.54, 1.807) is 0 Å². The Morgan fingerprint density at radius 2 is 0.846 bits per heavy atom. The van der Waals surface area contributed by atoms with Crippen LogP contribution in [-0.4, -0.2) is 0 Å². The molecule has 0 aliphatic rings. The van der Waals surface area contributed by atoms with Crippen molar-refractivity contribution in [2.45, 2.75) is 13.8 Å². The number of hydrogen-bond acceptors (Lipinski definition) is 1. The van der Waals surface area contributed by atoms with Gasteiger partial charge in [0.15, 0.2) is 0 Å². The van der Waals surface area contributed by atoms with Crippen LogP contribution in [0.4, 0.5) is 17.1 Å². The Bertz CT molecular complexity index is 1900. The van der Waals surface area contributed by atoms with Gasteiger partial charge in [0.25, 0.3) is 0 Å². The van der Waals surface area contributed by atoms with Gasteiger partial charge in [-0.25, -0.2) is 0 Å². The molecule has 0 spiro atoms. The van der Waals surface area contributed by atoms with Crippen LogP contribution in [-0.2, 0) is 0 Å². The molecule has 0 aliphatic heterocycles. The third kappa shape index (κ3) is 4.04. The molecule has 0 N–H and O–H groups in total. The number of nitrogens with zero attached hydrogens (tertiary/aromatic N) is 1. The fourth-order valence-corrected chi connectivity index (χ4v) is 5.79. The van der Waals surface area contributed by atoms with Crippen LogP contribution in [0.15, 0.2) is 140 Å². The quantitative estimate of drug-likeness (QED) is 0.218. The zero-order chi connectivity index (χ0) is 26.3. The molecule has 0 saturated heterocycles. The second-order valence-electron chi connectivity index (χ2n) is 10.4. The van der Waals surface area contributed by atoms with Crippen LogP contribution in [0.1, 0.15) is 11.1 Å². The van der Waals surface area contributed by atoms with Crippen LogP contribution in [0.25, 0.3) is 43.4 Å². The highest BCUT2D eigenvalue weighted by Gasteiger charge is 2.19. The maximum absolute atomic E-state index is 2.40. The van der Waals surface area contributed by atoms with Gasteiger partial charge in [0, 0.05) is 16.8 Å². The van der Waals surface area contributed by atoms with E-state index < -0.39 is 0 Å². The van der Waals surface area contributed by atoms with Gasteiger partial charge < -0.3 is 4.90 Å². The molecule has 0 bridgehead atoms. The monoisotopic (exact) mass is 499 g/mol. The molecule has 7 aromatic rings. The summed E-state index contributed by atoms with van der Waals surface area (Å²) in [6, 6.07) is 50.9. The smallest absolute Gasteiger partial charge is 0.0546 e. The zero-order valence-electron chi connectivity index (χ0n) is 22.2. The highest BCUT2D eigenvalue weighted by atomic mass is 15.1. The predicted octanol–water partition coefficient (Wildman–Crippen LogP) is 10.9. The van der Waals surface area contributed by atoms with Gasteiger partial charge in [0.2, 0.25) is 0 Å². The van der Waals surface area contributed by atoms with Gasteiger partial charge in [0.1, 0.15) is 0 Å². The van der Waals surface area contributed by atoms with Gasteiger partial charge in [-0.05, 0) is 88.3 Å². The molecule has 0 radical (unpaired) electrons. The maximum atomic E-state index is 2.40. The molecule has 0 saturated carbocycles. The Morgan fingerprint density at radius 3 is 1.44 bits per heavy atom. The number of fused-ring (bicyclic) bond motifs is 5. The third-order valence-corrected chi connectivity index (χ3v) is 7.77. The molecule has 0 aromatic heterocycles. The summed E-state index contributed by atoms with van der Waals surface area (Å²) in [5, 5.41) is 7.59. The highest BCUT2D eigenvalue weighted by Crippen LogP contribution is 2.45. The van der Waals surface area contributed by atoms with E-state index in [0.717, 1.165) is 11.4 Å². The molecule has 0 heterocycles. The van der Waals surface area contributed by atoms with E-state index in [9.17, 15) is 0 Å². The van der Waals surface area contributed by atoms with Crippen LogP contribution in [0.2, 0.25) is 0 Å². The molecule has 0 aliphatic carbocycles. The summed E-state index contributed by atoms with van der Waals surface area (Å²) in [6.45, 7) is 4.28. The van der Waals surface area contributed by atoms with Crippen LogP contribution < -0.4 is 4.90 Å². The average molecular weight is 500 g/mol. The van der Waals surface area contributed by atoms with Crippen molar-refractivity contribution in [2.24, 2.45) is 0 Å². The van der Waals surface area contributed by atoms with Crippen molar-refractivity contribution in [3.8, 4) is 11.1 Å². The SMILES string of the molecule is Cc1ccc(N(c2ccc(C)cc2)c2cc3c4ccccc4c(-c4ccccc4)cc3c3ccccc23)cc1. The molecular weight excluding hydrogens is 470 g/mol. The highest BCUT2D eigenvalue weighted by molar-refractivity contribution is 6.24. The van der Waals surface area contributed by atoms with Crippen molar-refractivity contribution in [3.05, 3.63) is 151 Å². The van der Waals surface area contributed by atoms with E-state index in [0.29, 0.717) is 0 Å². The lowest BCUT2D eigenvalue weighted by Gasteiger charge is -2.28. The van der Waals surface area contributed by atoms with Crippen molar-refractivity contribution >= 4 is 49.4 Å². The van der Waals surface area contributed by atoms with Gasteiger partial charge >= 0.3 is 0 Å². The molecule has 39 heavy (non-hydrogen) atoms. The van der Waals surface area contributed by atoms with Crippen molar-refractivity contribution in [1.29, 1.82) is 0 Å². The molecule has 7 aromatic carbocycles. The Kier molecular flexibility index (Phi) is 5.64. The molecule has 0 atom stereocenters. The standard InChI is InChI=1S/C38H29N/c1-26-16-20-29(21-17-26)39(30-22-18-27(2)19-23-30)38-25-37-32-13-7-6-12-31(32)35(28-10-4-3-5-11-28)24-36(37)33-14-8-9-15-34(33)38/h3-25H,1-2H3. The third-order valence-electron chi connectivity index (χ3n) is 7.77. The van der Waals surface area contributed by atoms with E-state index in [2.05, 4.69) is 158 Å². The second-order valence-corrected chi connectivity index (χ2v) is 10.4. The van der Waals surface area contributed by atoms with E-state index in [4.69, 9.17) is 0 Å². The predicted molar refractivity (Wildman–Crippen MR) is 169 cm³/mol. The second kappa shape index (κ2) is 9.45. The lowest BCUT2D eigenvalue weighted by Crippen LogP contribution is -2.10. The zero-order valence-corrected chi connectivity index (χ0v) is 22.2. The largest absolute Gasteiger partial charge is 0.310 e. The van der Waals surface area contributed by atoms with Crippen LogP contribution in [0, 0.1) is 13.8 Å². The first-order chi connectivity index (χ1) is 19.2. The minimum absolute atomic E-state index is 1.15. The summed E-state index contributed by atoms with van der Waals surface area (Å²) in [5.41, 5.74) is 8.51. The van der Waals surface area contributed by atoms with Crippen molar-refractivity contribution in [3.63, 3.8) is 0 Å². The number of hydrogen-bond donors (Lipinski definition) is 0. The first kappa shape index (κ1) is 23.3. The van der Waals surface area contributed by atoms with Crippen LogP contribution >= 0.6 is 0 Å². The van der Waals surface area contributed by atoms with Gasteiger partial charge in [-0.2, -0.15) is 0 Å². The average Bonchev–Trinajstić information content (AvgIpc) is 2.99. The molecule has 186 valence electrons. The number of rotatable bonds is 4. The Balaban J connectivity index is 1.60. The summed E-state index contributed by atoms with van der Waals surface area (Å²) < 4.78 is 0. The first-order valence-corrected chi connectivity index (χ1v) is 13.5. The van der Waals surface area contributed by atoms with E-state index in [1.807, 2.05) is 0 Å². The molecule has 0 amide bonds. The maximum Gasteiger partial charge on any atom is 0.0546 e. The van der Waals surface area contributed by atoms with Gasteiger partial charge in [0.05, 0.1) is 5.69 Å². The van der Waals surface area contributed by atoms with Crippen molar-refractivity contribution in [2.75, 3.05) is 4.90 Å². The van der Waals surface area contributed by atoms with Gasteiger partial charge in [-0.1, -0.05) is 114 Å². The molecule has 1 nitrogen and oxygen atoms in total. The Morgan fingerprint density at radius 1 is 0.385 bits per heavy atom. The molecule has 0 unspecified atom stereocenters. The number of anilines is 3. The number of benzene rings is 7. The summed E-state index contributed by atoms with van der Waals surface area (Å²) in [7, 11) is 0. The van der Waals surface area contributed by atoms with Crippen molar-refractivity contribution in [1.82, 2.24) is 0 Å². The van der Waals surface area contributed by atoms with Crippen LogP contribution in [0.3, 0.4) is 0 Å². The number of aryl methyl sites for hydroxylation is 2. The Labute approximate surface area is 229 Å². The molecule has 0 fully saturated rings. The van der Waals surface area contributed by atoms with E-state index >= 15 is 0 Å². The van der Waals surface area contributed by atoms with Crippen molar-refractivity contribution < 1.29 is 0 Å². The lowest BCUT2D eigenvalue weighted by molar-refractivity contribution is 1.28. The summed E-state index contributed by atoms with van der Waals surface area (Å²) in [6.07, 6.45) is 0. The van der Waals surface area contributed by atoms with Crippen LogP contribution in [0.5, 0.6) is 0 Å². The van der Waals surface area contributed by atoms with Gasteiger partial charge in [-0.15, -0.1) is 0 Å². The Hall–Kier alpha value is -4.88. The minimum atomic E-state index is 1.15. The summed E-state index contributed by atoms with van der Waals surface area (Å²) in [5.74, 6) is 0. The lowest BCUT2D eigenvalue weighted by atomic mass is 9.90. The molecular formula is C38H29N. The van der Waals surface area contributed by atoms with E-state index in [-0.39, 0.29) is 0 Å². The minimum Gasteiger partial charge on any atom is -0.310 e. The fraction of sp³-hybridized carbons (Fsp3) is 0.0526. The molecule has 7 rings (SSSR count). The summed E-state index contributed by atoms with van der Waals surface area (Å²) in [4.78, 5) is 2.40.